The largest absolute Gasteiger partial charge is 0.115 e. The van der Waals surface area contributed by atoms with E-state index in [1.165, 1.54) is 20.1 Å². The van der Waals surface area contributed by atoms with Gasteiger partial charge in [0, 0.05) is 0 Å². The highest BCUT2D eigenvalue weighted by Crippen LogP contribution is 2.54. The summed E-state index contributed by atoms with van der Waals surface area (Å²) < 4.78 is 0. The van der Waals surface area contributed by atoms with Crippen LogP contribution in [-0.2, 0) is 0 Å². The molecule has 0 aromatic heterocycles. The lowest BCUT2D eigenvalue weighted by Crippen LogP contribution is -2.28. The van der Waals surface area contributed by atoms with Crippen LogP contribution in [0, 0.1) is 17.8 Å². The van der Waals surface area contributed by atoms with Crippen LogP contribution in [0.4, 0.5) is 0 Å². The van der Waals surface area contributed by atoms with Gasteiger partial charge in [-0.15, -0.1) is 0 Å². The van der Waals surface area contributed by atoms with Gasteiger partial charge in [0.1, 0.15) is 7.28 Å². The molecule has 0 amide bonds. The predicted molar refractivity (Wildman–Crippen MR) is 63.5 cm³/mol. The molecule has 0 bridgehead atoms. The molecule has 2 aliphatic rings. The highest BCUT2D eigenvalue weighted by atomic mass is 14.5. The van der Waals surface area contributed by atoms with Gasteiger partial charge in [0.15, 0.2) is 0 Å². The molecule has 0 heterocycles. The molecule has 2 heteroatoms. The Morgan fingerprint density at radius 3 is 2.69 bits per heavy atom. The molecule has 13 heavy (non-hydrogen) atoms. The van der Waals surface area contributed by atoms with Gasteiger partial charge >= 0.3 is 0 Å². The smallest absolute Gasteiger partial charge is 0.0895 e. The van der Waals surface area contributed by atoms with E-state index in [-0.39, 0.29) is 0 Å². The van der Waals surface area contributed by atoms with Gasteiger partial charge in [0.25, 0.3) is 0 Å². The maximum absolute atomic E-state index is 2.48. The fourth-order valence-electron chi connectivity index (χ4n) is 3.79. The van der Waals surface area contributed by atoms with E-state index in [1.54, 1.807) is 19.3 Å². The maximum atomic E-state index is 2.48. The zero-order valence-corrected chi connectivity index (χ0v) is 9.47. The summed E-state index contributed by atoms with van der Waals surface area (Å²) in [5, 5.41) is 0.615. The first-order valence-electron chi connectivity index (χ1n) is 6.15. The lowest BCUT2D eigenvalue weighted by Gasteiger charge is -2.34. The summed E-state index contributed by atoms with van der Waals surface area (Å²) in [6.45, 7) is 4.85. The minimum absolute atomic E-state index is 0.615. The average molecular weight is 176 g/mol. The zero-order chi connectivity index (χ0) is 9.47. The molecule has 4 atom stereocenters. The Balaban J connectivity index is 2.08. The number of hydrogen-bond donors (Lipinski definition) is 0. The molecular weight excluding hydrogens is 154 g/mol. The molecule has 2 fully saturated rings. The SMILES string of the molecule is BC(C)(BC)C1CCC2CCCC21. The number of hydrogen-bond acceptors (Lipinski definition) is 0. The van der Waals surface area contributed by atoms with Crippen LogP contribution < -0.4 is 0 Å². The standard InChI is InChI=1S/C11H22B2/c1-11(12,13-2)10-7-6-8-4-3-5-9(8)10/h8-10,13H,3-7,12H2,1-2H3. The second-order valence-corrected chi connectivity index (χ2v) is 5.88. The van der Waals surface area contributed by atoms with Crippen molar-refractivity contribution in [3.05, 3.63) is 0 Å². The summed E-state index contributed by atoms with van der Waals surface area (Å²) in [4.78, 5) is 0. The van der Waals surface area contributed by atoms with Crippen LogP contribution in [0.2, 0.25) is 12.0 Å². The Kier molecular flexibility index (Phi) is 2.50. The first-order chi connectivity index (χ1) is 6.15. The van der Waals surface area contributed by atoms with Crippen LogP contribution in [0.15, 0.2) is 0 Å². The van der Waals surface area contributed by atoms with Gasteiger partial charge in [0.05, 0.1) is 7.85 Å². The molecule has 0 spiro atoms. The van der Waals surface area contributed by atoms with E-state index in [1.807, 2.05) is 0 Å². The Morgan fingerprint density at radius 1 is 1.23 bits per heavy atom. The Morgan fingerprint density at radius 2 is 2.00 bits per heavy atom. The van der Waals surface area contributed by atoms with Gasteiger partial charge in [-0.1, -0.05) is 38.2 Å². The van der Waals surface area contributed by atoms with Crippen molar-refractivity contribution in [2.45, 2.75) is 51.1 Å². The fourth-order valence-corrected chi connectivity index (χ4v) is 3.79. The average Bonchev–Trinajstić information content (AvgIpc) is 2.62. The molecule has 4 unspecified atom stereocenters. The lowest BCUT2D eigenvalue weighted by molar-refractivity contribution is 0.325. The van der Waals surface area contributed by atoms with Crippen molar-refractivity contribution < 1.29 is 0 Å². The molecule has 2 saturated carbocycles. The molecule has 0 radical (unpaired) electrons. The van der Waals surface area contributed by atoms with Crippen molar-refractivity contribution >= 4 is 15.1 Å². The van der Waals surface area contributed by atoms with Crippen molar-refractivity contribution in [1.82, 2.24) is 0 Å². The maximum Gasteiger partial charge on any atom is 0.115 e. The fraction of sp³-hybridized carbons (Fsp3) is 1.00. The van der Waals surface area contributed by atoms with Crippen LogP contribution in [0.5, 0.6) is 0 Å². The summed E-state index contributed by atoms with van der Waals surface area (Å²) in [6, 6.07) is 0. The summed E-state index contributed by atoms with van der Waals surface area (Å²) in [5.74, 6) is 3.27. The molecule has 0 N–H and O–H groups in total. The first-order valence-corrected chi connectivity index (χ1v) is 6.15. The molecule has 0 aliphatic heterocycles. The van der Waals surface area contributed by atoms with Gasteiger partial charge < -0.3 is 0 Å². The van der Waals surface area contributed by atoms with Crippen molar-refractivity contribution in [2.75, 3.05) is 0 Å². The highest BCUT2D eigenvalue weighted by Gasteiger charge is 2.44. The third-order valence-electron chi connectivity index (χ3n) is 5.00. The van der Waals surface area contributed by atoms with Crippen LogP contribution in [0.3, 0.4) is 0 Å². The Bertz CT molecular complexity index is 189. The van der Waals surface area contributed by atoms with Gasteiger partial charge in [0.2, 0.25) is 0 Å². The molecule has 2 rings (SSSR count). The Labute approximate surface area is 84.5 Å². The number of fused-ring (bicyclic) bond motifs is 1. The topological polar surface area (TPSA) is 0 Å². The molecule has 0 aromatic rings. The van der Waals surface area contributed by atoms with Gasteiger partial charge in [-0.3, -0.25) is 0 Å². The van der Waals surface area contributed by atoms with Crippen molar-refractivity contribution in [1.29, 1.82) is 0 Å². The minimum atomic E-state index is 0.615. The van der Waals surface area contributed by atoms with E-state index in [9.17, 15) is 0 Å². The van der Waals surface area contributed by atoms with Gasteiger partial charge in [-0.25, -0.2) is 0 Å². The van der Waals surface area contributed by atoms with Gasteiger partial charge in [-0.05, 0) is 30.6 Å². The van der Waals surface area contributed by atoms with Crippen LogP contribution in [0.25, 0.3) is 0 Å². The van der Waals surface area contributed by atoms with Crippen molar-refractivity contribution in [3.8, 4) is 0 Å². The van der Waals surface area contributed by atoms with Crippen LogP contribution >= 0.6 is 0 Å². The predicted octanol–water partition coefficient (Wildman–Crippen LogP) is 2.07. The highest BCUT2D eigenvalue weighted by molar-refractivity contribution is 6.52. The third-order valence-corrected chi connectivity index (χ3v) is 5.00. The van der Waals surface area contributed by atoms with E-state index in [0.717, 1.165) is 17.8 Å². The van der Waals surface area contributed by atoms with E-state index >= 15 is 0 Å². The van der Waals surface area contributed by atoms with E-state index in [0.29, 0.717) is 5.21 Å². The summed E-state index contributed by atoms with van der Waals surface area (Å²) in [7, 11) is 3.85. The monoisotopic (exact) mass is 176 g/mol. The van der Waals surface area contributed by atoms with E-state index in [2.05, 4.69) is 21.6 Å². The molecule has 0 saturated heterocycles. The summed E-state index contributed by atoms with van der Waals surface area (Å²) in [6.07, 6.45) is 7.67. The molecule has 0 aromatic carbocycles. The van der Waals surface area contributed by atoms with Crippen molar-refractivity contribution in [2.24, 2.45) is 17.8 Å². The molecule has 72 valence electrons. The second kappa shape index (κ2) is 3.37. The van der Waals surface area contributed by atoms with E-state index < -0.39 is 0 Å². The van der Waals surface area contributed by atoms with Crippen molar-refractivity contribution in [3.63, 3.8) is 0 Å². The Hall–Kier alpha value is 0.130. The number of rotatable bonds is 2. The molecular formula is C11H22B2. The van der Waals surface area contributed by atoms with Crippen LogP contribution in [0.1, 0.15) is 39.0 Å². The normalized spacial score (nSPS) is 42.8. The quantitative estimate of drug-likeness (QED) is 0.564. The van der Waals surface area contributed by atoms with Crippen LogP contribution in [-0.4, -0.2) is 15.1 Å². The van der Waals surface area contributed by atoms with E-state index in [4.69, 9.17) is 0 Å². The summed E-state index contributed by atoms with van der Waals surface area (Å²) in [5.41, 5.74) is 0. The summed E-state index contributed by atoms with van der Waals surface area (Å²) >= 11 is 0. The lowest BCUT2D eigenvalue weighted by atomic mass is 9.38. The zero-order valence-electron chi connectivity index (χ0n) is 9.47. The minimum Gasteiger partial charge on any atom is -0.0895 e. The third kappa shape index (κ3) is 1.57. The first kappa shape index (κ1) is 9.68. The molecule has 2 aliphatic carbocycles. The molecule has 0 nitrogen and oxygen atoms in total. The second-order valence-electron chi connectivity index (χ2n) is 5.88. The van der Waals surface area contributed by atoms with Gasteiger partial charge in [-0.2, -0.15) is 0 Å².